The van der Waals surface area contributed by atoms with Gasteiger partial charge in [-0.25, -0.2) is 0 Å². The minimum absolute atomic E-state index is 0.178. The molecule has 102 valence electrons. The maximum absolute atomic E-state index is 9.42. The first-order valence-electron chi connectivity index (χ1n) is 6.22. The van der Waals surface area contributed by atoms with Crippen molar-refractivity contribution in [3.05, 3.63) is 50.9 Å². The van der Waals surface area contributed by atoms with Crippen LogP contribution in [0.15, 0.2) is 40.3 Å². The fraction of sp³-hybridized carbons (Fsp3) is 0.357. The van der Waals surface area contributed by atoms with Crippen LogP contribution in [-0.4, -0.2) is 23.2 Å². The van der Waals surface area contributed by atoms with Gasteiger partial charge < -0.3 is 10.4 Å². The highest BCUT2D eigenvalue weighted by molar-refractivity contribution is 9.10. The zero-order valence-corrected chi connectivity index (χ0v) is 13.0. The molecule has 2 aromatic rings. The summed E-state index contributed by atoms with van der Waals surface area (Å²) in [6, 6.07) is 8.00. The lowest BCUT2D eigenvalue weighted by molar-refractivity contribution is 0.221. The molecule has 3 nitrogen and oxygen atoms in total. The van der Waals surface area contributed by atoms with Gasteiger partial charge in [-0.15, -0.1) is 11.3 Å². The molecule has 2 N–H and O–H groups in total. The lowest BCUT2D eigenvalue weighted by Crippen LogP contribution is -2.26. The minimum Gasteiger partial charge on any atom is -0.396 e. The van der Waals surface area contributed by atoms with Crippen LogP contribution in [0.25, 0.3) is 0 Å². The first-order chi connectivity index (χ1) is 9.28. The Morgan fingerprint density at radius 2 is 2.32 bits per heavy atom. The number of aliphatic hydroxyl groups excluding tert-OH is 1. The summed E-state index contributed by atoms with van der Waals surface area (Å²) in [4.78, 5) is 5.59. The highest BCUT2D eigenvalue weighted by Crippen LogP contribution is 2.19. The molecule has 2 heterocycles. The van der Waals surface area contributed by atoms with E-state index in [-0.39, 0.29) is 12.5 Å². The second-order valence-electron chi connectivity index (χ2n) is 4.44. The van der Waals surface area contributed by atoms with E-state index in [1.807, 2.05) is 18.2 Å². The molecule has 19 heavy (non-hydrogen) atoms. The van der Waals surface area contributed by atoms with Crippen molar-refractivity contribution < 1.29 is 5.11 Å². The Bertz CT molecular complexity index is 489. The number of rotatable bonds is 7. The predicted molar refractivity (Wildman–Crippen MR) is 82.2 cm³/mol. The fourth-order valence-electron chi connectivity index (χ4n) is 1.86. The Morgan fingerprint density at radius 1 is 1.42 bits per heavy atom. The summed E-state index contributed by atoms with van der Waals surface area (Å²) in [5.41, 5.74) is 1.03. The number of aliphatic hydroxyl groups is 1. The Balaban J connectivity index is 1.76. The molecule has 0 saturated carbocycles. The van der Waals surface area contributed by atoms with Crippen LogP contribution in [0.4, 0.5) is 0 Å². The highest BCUT2D eigenvalue weighted by Gasteiger charge is 2.09. The molecule has 0 radical (unpaired) electrons. The van der Waals surface area contributed by atoms with Crippen LogP contribution in [0.2, 0.25) is 0 Å². The summed E-state index contributed by atoms with van der Waals surface area (Å²) in [5.74, 6) is 0.207. The van der Waals surface area contributed by atoms with Crippen LogP contribution in [0.5, 0.6) is 0 Å². The molecule has 0 spiro atoms. The SMILES string of the molecule is OCC(CNCc1cc(Br)cs1)Cc1ccccn1. The Labute approximate surface area is 125 Å². The standard InChI is InChI=1S/C14H17BrN2OS/c15-12-6-14(19-10-12)8-16-7-11(9-18)5-13-3-1-2-4-17-13/h1-4,6,10-11,16,18H,5,7-9H2. The number of hydrogen-bond donors (Lipinski definition) is 2. The Morgan fingerprint density at radius 3 is 2.95 bits per heavy atom. The van der Waals surface area contributed by atoms with Gasteiger partial charge in [0, 0.05) is 46.3 Å². The molecular weight excluding hydrogens is 324 g/mol. The van der Waals surface area contributed by atoms with Crippen molar-refractivity contribution in [2.45, 2.75) is 13.0 Å². The quantitative estimate of drug-likeness (QED) is 0.814. The van der Waals surface area contributed by atoms with Crippen LogP contribution in [0.3, 0.4) is 0 Å². The molecule has 0 fully saturated rings. The summed E-state index contributed by atoms with van der Waals surface area (Å²) in [6.45, 7) is 1.81. The van der Waals surface area contributed by atoms with Crippen molar-refractivity contribution in [1.82, 2.24) is 10.3 Å². The summed E-state index contributed by atoms with van der Waals surface area (Å²) in [5, 5.41) is 14.9. The molecule has 2 aromatic heterocycles. The number of halogens is 1. The first-order valence-corrected chi connectivity index (χ1v) is 7.89. The normalized spacial score (nSPS) is 12.5. The fourth-order valence-corrected chi connectivity index (χ4v) is 3.28. The van der Waals surface area contributed by atoms with Crippen LogP contribution in [-0.2, 0) is 13.0 Å². The Kier molecular flexibility index (Phi) is 5.97. The van der Waals surface area contributed by atoms with Gasteiger partial charge in [0.2, 0.25) is 0 Å². The predicted octanol–water partition coefficient (Wildman–Crippen LogP) is 2.85. The lowest BCUT2D eigenvalue weighted by atomic mass is 10.0. The van der Waals surface area contributed by atoms with Crippen LogP contribution in [0.1, 0.15) is 10.6 Å². The maximum atomic E-state index is 9.42. The molecule has 0 aliphatic heterocycles. The molecule has 1 unspecified atom stereocenters. The molecule has 5 heteroatoms. The van der Waals surface area contributed by atoms with Gasteiger partial charge in [0.05, 0.1) is 0 Å². The summed E-state index contributed by atoms with van der Waals surface area (Å²) in [6.07, 6.45) is 2.60. The second kappa shape index (κ2) is 7.75. The van der Waals surface area contributed by atoms with Crippen molar-refractivity contribution in [3.63, 3.8) is 0 Å². The number of pyridine rings is 1. The zero-order chi connectivity index (χ0) is 13.5. The van der Waals surface area contributed by atoms with E-state index in [2.05, 4.69) is 37.7 Å². The van der Waals surface area contributed by atoms with Crippen molar-refractivity contribution in [3.8, 4) is 0 Å². The van der Waals surface area contributed by atoms with Gasteiger partial charge >= 0.3 is 0 Å². The van der Waals surface area contributed by atoms with E-state index in [9.17, 15) is 5.11 Å². The van der Waals surface area contributed by atoms with E-state index in [0.717, 1.165) is 29.7 Å². The summed E-state index contributed by atoms with van der Waals surface area (Å²) in [7, 11) is 0. The third-order valence-electron chi connectivity index (χ3n) is 2.84. The van der Waals surface area contributed by atoms with E-state index in [1.54, 1.807) is 17.5 Å². The van der Waals surface area contributed by atoms with Gasteiger partial charge in [0.15, 0.2) is 0 Å². The molecule has 0 aromatic carbocycles. The molecular formula is C14H17BrN2OS. The van der Waals surface area contributed by atoms with E-state index in [4.69, 9.17) is 0 Å². The number of nitrogens with zero attached hydrogens (tertiary/aromatic N) is 1. The van der Waals surface area contributed by atoms with E-state index >= 15 is 0 Å². The molecule has 0 aliphatic rings. The number of hydrogen-bond acceptors (Lipinski definition) is 4. The molecule has 2 rings (SSSR count). The van der Waals surface area contributed by atoms with Gasteiger partial charge in [0.1, 0.15) is 0 Å². The topological polar surface area (TPSA) is 45.1 Å². The van der Waals surface area contributed by atoms with E-state index in [0.29, 0.717) is 0 Å². The van der Waals surface area contributed by atoms with Crippen LogP contribution in [0, 0.1) is 5.92 Å². The van der Waals surface area contributed by atoms with Gasteiger partial charge in [0.25, 0.3) is 0 Å². The zero-order valence-electron chi connectivity index (χ0n) is 10.6. The largest absolute Gasteiger partial charge is 0.396 e. The smallest absolute Gasteiger partial charge is 0.0475 e. The molecule has 1 atom stereocenters. The average molecular weight is 341 g/mol. The highest BCUT2D eigenvalue weighted by atomic mass is 79.9. The van der Waals surface area contributed by atoms with Gasteiger partial charge in [-0.05, 0) is 46.5 Å². The van der Waals surface area contributed by atoms with Crippen LogP contribution >= 0.6 is 27.3 Å². The number of nitrogens with one attached hydrogen (secondary N) is 1. The van der Waals surface area contributed by atoms with Crippen molar-refractivity contribution >= 4 is 27.3 Å². The summed E-state index contributed by atoms with van der Waals surface area (Å²) >= 11 is 5.17. The number of aromatic nitrogens is 1. The maximum Gasteiger partial charge on any atom is 0.0475 e. The molecule has 0 saturated heterocycles. The molecule has 0 aliphatic carbocycles. The monoisotopic (exact) mass is 340 g/mol. The van der Waals surface area contributed by atoms with Crippen molar-refractivity contribution in [2.75, 3.05) is 13.2 Å². The third kappa shape index (κ3) is 5.03. The molecule has 0 amide bonds. The van der Waals surface area contributed by atoms with Crippen LogP contribution < -0.4 is 5.32 Å². The van der Waals surface area contributed by atoms with E-state index in [1.165, 1.54) is 4.88 Å². The van der Waals surface area contributed by atoms with Crippen molar-refractivity contribution in [1.29, 1.82) is 0 Å². The van der Waals surface area contributed by atoms with E-state index < -0.39 is 0 Å². The summed E-state index contributed by atoms with van der Waals surface area (Å²) < 4.78 is 1.13. The molecule has 0 bridgehead atoms. The Hall–Kier alpha value is -0.750. The lowest BCUT2D eigenvalue weighted by Gasteiger charge is -2.14. The average Bonchev–Trinajstić information content (AvgIpc) is 2.84. The third-order valence-corrected chi connectivity index (χ3v) is 4.53. The first kappa shape index (κ1) is 14.7. The minimum atomic E-state index is 0.178. The number of thiophene rings is 1. The van der Waals surface area contributed by atoms with Gasteiger partial charge in [-0.2, -0.15) is 0 Å². The van der Waals surface area contributed by atoms with Gasteiger partial charge in [-0.1, -0.05) is 6.07 Å². The van der Waals surface area contributed by atoms with Gasteiger partial charge in [-0.3, -0.25) is 4.98 Å². The van der Waals surface area contributed by atoms with Crippen molar-refractivity contribution in [2.24, 2.45) is 5.92 Å². The second-order valence-corrected chi connectivity index (χ2v) is 6.35.